The predicted octanol–water partition coefficient (Wildman–Crippen LogP) is 5.00. The number of aryl methyl sites for hydroxylation is 2. The Morgan fingerprint density at radius 1 is 0.767 bits per heavy atom. The molecule has 1 amide bonds. The number of Topliss-reactive ketones (excluding diaryl/α,β-unsaturated/α-hetero) is 1. The average molecular weight is 396 g/mol. The van der Waals surface area contributed by atoms with Crippen LogP contribution in [0.5, 0.6) is 0 Å². The van der Waals surface area contributed by atoms with Crippen LogP contribution in [0.25, 0.3) is 22.2 Å². The first-order valence-electron chi connectivity index (χ1n) is 10.2. The topological polar surface area (TPSA) is 65.1 Å². The summed E-state index contributed by atoms with van der Waals surface area (Å²) in [4.78, 5) is 25.0. The van der Waals surface area contributed by atoms with Crippen molar-refractivity contribution in [3.8, 4) is 11.3 Å². The lowest BCUT2D eigenvalue weighted by atomic mass is 9.97. The first-order chi connectivity index (χ1) is 14.6. The fourth-order valence-electron chi connectivity index (χ4n) is 3.96. The maximum absolute atomic E-state index is 13.5. The molecule has 4 nitrogen and oxygen atoms in total. The van der Waals surface area contributed by atoms with Crippen molar-refractivity contribution in [2.75, 3.05) is 0 Å². The maximum atomic E-state index is 13.5. The van der Waals surface area contributed by atoms with Crippen LogP contribution in [0.3, 0.4) is 0 Å². The number of carbonyl (C=O) groups excluding carboxylic acids is 2. The number of hydrogen-bond donors (Lipinski definition) is 1. The van der Waals surface area contributed by atoms with E-state index >= 15 is 0 Å². The van der Waals surface area contributed by atoms with Crippen molar-refractivity contribution in [3.05, 3.63) is 96.1 Å². The monoisotopic (exact) mass is 396 g/mol. The van der Waals surface area contributed by atoms with Crippen molar-refractivity contribution in [3.63, 3.8) is 0 Å². The van der Waals surface area contributed by atoms with E-state index in [1.807, 2.05) is 84.9 Å². The van der Waals surface area contributed by atoms with E-state index in [-0.39, 0.29) is 18.1 Å². The van der Waals surface area contributed by atoms with Crippen LogP contribution in [0, 0.1) is 0 Å². The van der Waals surface area contributed by atoms with Crippen molar-refractivity contribution in [1.29, 1.82) is 0 Å². The van der Waals surface area contributed by atoms with Crippen molar-refractivity contribution in [2.45, 2.75) is 25.8 Å². The fourth-order valence-corrected chi connectivity index (χ4v) is 3.96. The smallest absolute Gasteiger partial charge is 0.219 e. The Bertz CT molecular complexity index is 1180. The molecule has 4 heteroatoms. The molecule has 0 fully saturated rings. The molecule has 0 saturated carbocycles. The van der Waals surface area contributed by atoms with Crippen molar-refractivity contribution >= 4 is 22.6 Å². The first-order valence-corrected chi connectivity index (χ1v) is 10.2. The van der Waals surface area contributed by atoms with Gasteiger partial charge in [0.2, 0.25) is 5.91 Å². The van der Waals surface area contributed by atoms with Gasteiger partial charge in [0, 0.05) is 30.3 Å². The molecular weight excluding hydrogens is 372 g/mol. The molecule has 4 rings (SSSR count). The van der Waals surface area contributed by atoms with Crippen LogP contribution >= 0.6 is 0 Å². The largest absolute Gasteiger partial charge is 0.370 e. The Hall–Kier alpha value is -3.66. The van der Waals surface area contributed by atoms with Crippen LogP contribution in [0.4, 0.5) is 0 Å². The fraction of sp³-hybridized carbons (Fsp3) is 0.154. The number of primary amides is 1. The molecule has 0 bridgehead atoms. The second kappa shape index (κ2) is 8.78. The Labute approximate surface area is 175 Å². The summed E-state index contributed by atoms with van der Waals surface area (Å²) in [6, 6.07) is 27.8. The van der Waals surface area contributed by atoms with E-state index < -0.39 is 0 Å². The van der Waals surface area contributed by atoms with Gasteiger partial charge in [-0.25, -0.2) is 0 Å². The minimum atomic E-state index is -0.358. The van der Waals surface area contributed by atoms with Crippen LogP contribution in [-0.4, -0.2) is 16.3 Å². The standard InChI is InChI=1S/C26H24N2O2/c27-24(30)17-18-28-22-14-8-7-13-21(22)25(26(28)20-11-5-2-6-12-20)23(29)16-15-19-9-3-1-4-10-19/h1-14H,15-18H2,(H2,27,30). The zero-order chi connectivity index (χ0) is 20.9. The normalized spacial score (nSPS) is 10.9. The molecule has 0 saturated heterocycles. The van der Waals surface area contributed by atoms with Gasteiger partial charge in [-0.05, 0) is 23.6 Å². The highest BCUT2D eigenvalue weighted by atomic mass is 16.1. The third-order valence-corrected chi connectivity index (χ3v) is 5.36. The van der Waals surface area contributed by atoms with Gasteiger partial charge in [-0.3, -0.25) is 9.59 Å². The number of nitrogens with two attached hydrogens (primary N) is 1. The molecule has 30 heavy (non-hydrogen) atoms. The Balaban J connectivity index is 1.82. The molecule has 0 spiro atoms. The average Bonchev–Trinajstić information content (AvgIpc) is 3.12. The molecule has 3 aromatic carbocycles. The summed E-state index contributed by atoms with van der Waals surface area (Å²) < 4.78 is 2.06. The SMILES string of the molecule is NC(=O)CCn1c(-c2ccccc2)c(C(=O)CCc2ccccc2)c2ccccc21. The van der Waals surface area contributed by atoms with Gasteiger partial charge in [-0.2, -0.15) is 0 Å². The second-order valence-corrected chi connectivity index (χ2v) is 7.38. The van der Waals surface area contributed by atoms with Gasteiger partial charge >= 0.3 is 0 Å². The molecule has 150 valence electrons. The Kier molecular flexibility index (Phi) is 5.75. The third-order valence-electron chi connectivity index (χ3n) is 5.36. The molecule has 1 aromatic heterocycles. The number of hydrogen-bond acceptors (Lipinski definition) is 2. The van der Waals surface area contributed by atoms with E-state index in [0.717, 1.165) is 33.3 Å². The van der Waals surface area contributed by atoms with Crippen LogP contribution in [0.2, 0.25) is 0 Å². The van der Waals surface area contributed by atoms with Crippen LogP contribution in [-0.2, 0) is 17.8 Å². The van der Waals surface area contributed by atoms with E-state index in [9.17, 15) is 9.59 Å². The van der Waals surface area contributed by atoms with Gasteiger partial charge in [0.05, 0.1) is 11.3 Å². The van der Waals surface area contributed by atoms with E-state index in [0.29, 0.717) is 19.4 Å². The number of carbonyl (C=O) groups is 2. The Morgan fingerprint density at radius 3 is 2.10 bits per heavy atom. The van der Waals surface area contributed by atoms with Gasteiger partial charge in [-0.15, -0.1) is 0 Å². The highest BCUT2D eigenvalue weighted by Crippen LogP contribution is 2.35. The quantitative estimate of drug-likeness (QED) is 0.426. The van der Waals surface area contributed by atoms with E-state index in [1.165, 1.54) is 0 Å². The minimum absolute atomic E-state index is 0.103. The van der Waals surface area contributed by atoms with E-state index in [2.05, 4.69) is 4.57 Å². The highest BCUT2D eigenvalue weighted by Gasteiger charge is 2.23. The second-order valence-electron chi connectivity index (χ2n) is 7.38. The summed E-state index contributed by atoms with van der Waals surface area (Å²) in [5, 5.41) is 0.916. The third kappa shape index (κ3) is 4.03. The van der Waals surface area contributed by atoms with Crippen molar-refractivity contribution in [2.24, 2.45) is 5.73 Å². The molecule has 0 unspecified atom stereocenters. The van der Waals surface area contributed by atoms with Gasteiger partial charge in [-0.1, -0.05) is 78.9 Å². The summed E-state index contributed by atoms with van der Waals surface area (Å²) in [5.74, 6) is -0.254. The maximum Gasteiger partial charge on any atom is 0.219 e. The Morgan fingerprint density at radius 2 is 1.40 bits per heavy atom. The first kappa shape index (κ1) is 19.6. The summed E-state index contributed by atoms with van der Waals surface area (Å²) in [5.41, 5.74) is 10.1. The molecule has 0 aliphatic carbocycles. The van der Waals surface area contributed by atoms with Gasteiger partial charge < -0.3 is 10.3 Å². The summed E-state index contributed by atoms with van der Waals surface area (Å²) >= 11 is 0. The van der Waals surface area contributed by atoms with Crippen LogP contribution < -0.4 is 5.73 Å². The molecule has 0 aliphatic heterocycles. The lowest BCUT2D eigenvalue weighted by Gasteiger charge is -2.12. The van der Waals surface area contributed by atoms with Gasteiger partial charge in [0.15, 0.2) is 5.78 Å². The predicted molar refractivity (Wildman–Crippen MR) is 120 cm³/mol. The zero-order valence-electron chi connectivity index (χ0n) is 16.8. The van der Waals surface area contributed by atoms with Gasteiger partial charge in [0.1, 0.15) is 0 Å². The molecule has 1 heterocycles. The minimum Gasteiger partial charge on any atom is -0.370 e. The highest BCUT2D eigenvalue weighted by molar-refractivity contribution is 6.13. The summed E-state index contributed by atoms with van der Waals surface area (Å²) in [7, 11) is 0. The number of benzene rings is 3. The number of amides is 1. The number of rotatable bonds is 8. The van der Waals surface area contributed by atoms with Crippen molar-refractivity contribution in [1.82, 2.24) is 4.57 Å². The molecular formula is C26H24N2O2. The van der Waals surface area contributed by atoms with Crippen LogP contribution in [0.1, 0.15) is 28.8 Å². The molecule has 4 aromatic rings. The summed E-state index contributed by atoms with van der Waals surface area (Å²) in [6.45, 7) is 0.437. The lowest BCUT2D eigenvalue weighted by Crippen LogP contribution is -2.14. The van der Waals surface area contributed by atoms with Gasteiger partial charge in [0.25, 0.3) is 0 Å². The van der Waals surface area contributed by atoms with Crippen LogP contribution in [0.15, 0.2) is 84.9 Å². The molecule has 0 radical (unpaired) electrons. The molecule has 0 atom stereocenters. The number of fused-ring (bicyclic) bond motifs is 1. The summed E-state index contributed by atoms with van der Waals surface area (Å²) in [6.07, 6.45) is 1.33. The number of ketones is 1. The zero-order valence-corrected chi connectivity index (χ0v) is 16.8. The number of nitrogens with zero attached hydrogens (tertiary/aromatic N) is 1. The van der Waals surface area contributed by atoms with Crippen molar-refractivity contribution < 1.29 is 9.59 Å². The molecule has 2 N–H and O–H groups in total. The number of aromatic nitrogens is 1. The number of para-hydroxylation sites is 1. The lowest BCUT2D eigenvalue weighted by molar-refractivity contribution is -0.118. The molecule has 0 aliphatic rings. The van der Waals surface area contributed by atoms with E-state index in [1.54, 1.807) is 0 Å². The van der Waals surface area contributed by atoms with E-state index in [4.69, 9.17) is 5.73 Å².